The highest BCUT2D eigenvalue weighted by Gasteiger charge is 2.37. The quantitative estimate of drug-likeness (QED) is 0.716. The standard InChI is InChI=1S/C11H20N2O2/c12-9(11(13)14)6-8-5-7-3-1-2-4-10(7)15-8/h7-10H,1-6,12H2,(H2,13,14). The monoisotopic (exact) mass is 212 g/mol. The Kier molecular flexibility index (Phi) is 3.26. The zero-order valence-corrected chi connectivity index (χ0v) is 9.02. The van der Waals surface area contributed by atoms with Gasteiger partial charge in [-0.3, -0.25) is 4.79 Å². The van der Waals surface area contributed by atoms with Crippen LogP contribution in [0.1, 0.15) is 38.5 Å². The van der Waals surface area contributed by atoms with Gasteiger partial charge in [-0.15, -0.1) is 0 Å². The third-order valence-corrected chi connectivity index (χ3v) is 3.65. The first-order chi connectivity index (χ1) is 7.16. The maximum atomic E-state index is 10.8. The number of ether oxygens (including phenoxy) is 1. The molecule has 1 saturated carbocycles. The summed E-state index contributed by atoms with van der Waals surface area (Å²) in [5.41, 5.74) is 10.8. The van der Waals surface area contributed by atoms with Gasteiger partial charge in [-0.25, -0.2) is 0 Å². The van der Waals surface area contributed by atoms with Crippen molar-refractivity contribution in [3.63, 3.8) is 0 Å². The van der Waals surface area contributed by atoms with Gasteiger partial charge in [0.1, 0.15) is 0 Å². The van der Waals surface area contributed by atoms with Crippen LogP contribution >= 0.6 is 0 Å². The number of hydrogen-bond acceptors (Lipinski definition) is 3. The predicted octanol–water partition coefficient (Wildman–Crippen LogP) is 0.537. The number of hydrogen-bond donors (Lipinski definition) is 2. The van der Waals surface area contributed by atoms with Crippen molar-refractivity contribution in [3.8, 4) is 0 Å². The Morgan fingerprint density at radius 1 is 1.40 bits per heavy atom. The van der Waals surface area contributed by atoms with Crippen LogP contribution in [0, 0.1) is 5.92 Å². The van der Waals surface area contributed by atoms with E-state index in [1.807, 2.05) is 0 Å². The third kappa shape index (κ3) is 2.49. The normalized spacial score (nSPS) is 37.3. The van der Waals surface area contributed by atoms with Gasteiger partial charge in [0.05, 0.1) is 18.2 Å². The number of carbonyl (C=O) groups is 1. The summed E-state index contributed by atoms with van der Waals surface area (Å²) in [7, 11) is 0. The number of primary amides is 1. The molecule has 2 aliphatic rings. The van der Waals surface area contributed by atoms with Crippen molar-refractivity contribution in [1.82, 2.24) is 0 Å². The van der Waals surface area contributed by atoms with E-state index in [1.54, 1.807) is 0 Å². The molecule has 1 saturated heterocycles. The lowest BCUT2D eigenvalue weighted by Crippen LogP contribution is -2.39. The summed E-state index contributed by atoms with van der Waals surface area (Å²) >= 11 is 0. The molecule has 86 valence electrons. The van der Waals surface area contributed by atoms with Crippen LogP contribution in [0.3, 0.4) is 0 Å². The predicted molar refractivity (Wildman–Crippen MR) is 57.0 cm³/mol. The highest BCUT2D eigenvalue weighted by atomic mass is 16.5. The van der Waals surface area contributed by atoms with Crippen molar-refractivity contribution in [2.24, 2.45) is 17.4 Å². The summed E-state index contributed by atoms with van der Waals surface area (Å²) in [4.78, 5) is 10.8. The Bertz CT molecular complexity index is 231. The van der Waals surface area contributed by atoms with Crippen molar-refractivity contribution in [3.05, 3.63) is 0 Å². The minimum Gasteiger partial charge on any atom is -0.375 e. The fraction of sp³-hybridized carbons (Fsp3) is 0.909. The zero-order chi connectivity index (χ0) is 10.8. The summed E-state index contributed by atoms with van der Waals surface area (Å²) in [6.07, 6.45) is 7.26. The largest absolute Gasteiger partial charge is 0.375 e. The molecule has 1 aliphatic carbocycles. The summed E-state index contributed by atoms with van der Waals surface area (Å²) in [5, 5.41) is 0. The van der Waals surface area contributed by atoms with Gasteiger partial charge < -0.3 is 16.2 Å². The van der Waals surface area contributed by atoms with Crippen LogP contribution in [0.5, 0.6) is 0 Å². The second-order valence-corrected chi connectivity index (χ2v) is 4.82. The van der Waals surface area contributed by atoms with Gasteiger partial charge in [0.25, 0.3) is 0 Å². The van der Waals surface area contributed by atoms with E-state index in [0.717, 1.165) is 6.42 Å². The summed E-state index contributed by atoms with van der Waals surface area (Å²) in [6.45, 7) is 0. The molecular formula is C11H20N2O2. The van der Waals surface area contributed by atoms with Crippen LogP contribution in [0.25, 0.3) is 0 Å². The first-order valence-corrected chi connectivity index (χ1v) is 5.87. The minimum atomic E-state index is -0.546. The fourth-order valence-electron chi connectivity index (χ4n) is 2.81. The molecule has 0 bridgehead atoms. The van der Waals surface area contributed by atoms with E-state index in [0.29, 0.717) is 18.4 Å². The third-order valence-electron chi connectivity index (χ3n) is 3.65. The summed E-state index contributed by atoms with van der Waals surface area (Å²) in [5.74, 6) is 0.275. The Labute approximate surface area is 90.3 Å². The lowest BCUT2D eigenvalue weighted by molar-refractivity contribution is -0.120. The minimum absolute atomic E-state index is 0.153. The van der Waals surface area contributed by atoms with Gasteiger partial charge in [0.2, 0.25) is 5.91 Å². The van der Waals surface area contributed by atoms with E-state index in [1.165, 1.54) is 25.7 Å². The average molecular weight is 212 g/mol. The first-order valence-electron chi connectivity index (χ1n) is 5.87. The molecule has 2 rings (SSSR count). The van der Waals surface area contributed by atoms with E-state index in [2.05, 4.69) is 0 Å². The molecule has 1 amide bonds. The van der Waals surface area contributed by atoms with Crippen LogP contribution in [0.15, 0.2) is 0 Å². The molecular weight excluding hydrogens is 192 g/mol. The van der Waals surface area contributed by atoms with E-state index in [4.69, 9.17) is 16.2 Å². The van der Waals surface area contributed by atoms with Gasteiger partial charge in [0, 0.05) is 0 Å². The number of fused-ring (bicyclic) bond motifs is 1. The second kappa shape index (κ2) is 4.49. The Hall–Kier alpha value is -0.610. The van der Waals surface area contributed by atoms with Crippen LogP contribution < -0.4 is 11.5 Å². The van der Waals surface area contributed by atoms with Crippen LogP contribution in [-0.2, 0) is 9.53 Å². The van der Waals surface area contributed by atoms with E-state index < -0.39 is 11.9 Å². The smallest absolute Gasteiger partial charge is 0.234 e. The van der Waals surface area contributed by atoms with Crippen LogP contribution in [0.4, 0.5) is 0 Å². The molecule has 0 aromatic rings. The fourth-order valence-corrected chi connectivity index (χ4v) is 2.81. The van der Waals surface area contributed by atoms with Crippen LogP contribution in [0.2, 0.25) is 0 Å². The number of rotatable bonds is 3. The average Bonchev–Trinajstić information content (AvgIpc) is 2.59. The molecule has 0 spiro atoms. The Morgan fingerprint density at radius 3 is 2.80 bits per heavy atom. The van der Waals surface area contributed by atoms with Gasteiger partial charge in [-0.05, 0) is 31.6 Å². The van der Waals surface area contributed by atoms with Crippen molar-refractivity contribution < 1.29 is 9.53 Å². The number of nitrogens with two attached hydrogens (primary N) is 2. The lowest BCUT2D eigenvalue weighted by Gasteiger charge is -2.23. The second-order valence-electron chi connectivity index (χ2n) is 4.82. The summed E-state index contributed by atoms with van der Waals surface area (Å²) < 4.78 is 5.90. The Balaban J connectivity index is 1.83. The molecule has 4 unspecified atom stereocenters. The molecule has 4 atom stereocenters. The molecule has 15 heavy (non-hydrogen) atoms. The van der Waals surface area contributed by atoms with Crippen molar-refractivity contribution in [1.29, 1.82) is 0 Å². The van der Waals surface area contributed by atoms with Crippen LogP contribution in [-0.4, -0.2) is 24.2 Å². The van der Waals surface area contributed by atoms with E-state index >= 15 is 0 Å². The number of amides is 1. The lowest BCUT2D eigenvalue weighted by atomic mass is 9.85. The zero-order valence-electron chi connectivity index (χ0n) is 9.02. The highest BCUT2D eigenvalue weighted by Crippen LogP contribution is 2.38. The van der Waals surface area contributed by atoms with Gasteiger partial charge in [-0.1, -0.05) is 12.8 Å². The molecule has 4 N–H and O–H groups in total. The maximum Gasteiger partial charge on any atom is 0.234 e. The Morgan fingerprint density at radius 2 is 2.13 bits per heavy atom. The molecule has 1 heterocycles. The number of carbonyl (C=O) groups excluding carboxylic acids is 1. The van der Waals surface area contributed by atoms with Gasteiger partial charge >= 0.3 is 0 Å². The van der Waals surface area contributed by atoms with Crippen molar-refractivity contribution in [2.75, 3.05) is 0 Å². The molecule has 2 fully saturated rings. The maximum absolute atomic E-state index is 10.8. The summed E-state index contributed by atoms with van der Waals surface area (Å²) in [6, 6.07) is -0.546. The highest BCUT2D eigenvalue weighted by molar-refractivity contribution is 5.79. The molecule has 4 nitrogen and oxygen atoms in total. The molecule has 4 heteroatoms. The molecule has 1 aliphatic heterocycles. The molecule has 0 radical (unpaired) electrons. The van der Waals surface area contributed by atoms with E-state index in [9.17, 15) is 4.79 Å². The van der Waals surface area contributed by atoms with Gasteiger partial charge in [-0.2, -0.15) is 0 Å². The SMILES string of the molecule is NC(=O)C(N)CC1CC2CCCCC2O1. The topological polar surface area (TPSA) is 78.3 Å². The van der Waals surface area contributed by atoms with Crippen molar-refractivity contribution >= 4 is 5.91 Å². The molecule has 0 aromatic carbocycles. The van der Waals surface area contributed by atoms with Crippen molar-refractivity contribution in [2.45, 2.75) is 56.8 Å². The van der Waals surface area contributed by atoms with E-state index in [-0.39, 0.29) is 6.10 Å². The molecule has 0 aromatic heterocycles. The first kappa shape index (κ1) is 10.9. The van der Waals surface area contributed by atoms with Gasteiger partial charge in [0.15, 0.2) is 0 Å².